The molecule has 1 saturated carbocycles. The zero-order valence-corrected chi connectivity index (χ0v) is 20.7. The van der Waals surface area contributed by atoms with Crippen molar-refractivity contribution in [3.05, 3.63) is 74.8 Å². The van der Waals surface area contributed by atoms with Crippen molar-refractivity contribution in [3.8, 4) is 0 Å². The number of alkyl halides is 1. The van der Waals surface area contributed by atoms with Crippen LogP contribution in [0, 0.1) is 22.0 Å². The third kappa shape index (κ3) is 4.85. The summed E-state index contributed by atoms with van der Waals surface area (Å²) in [6, 6.07) is 9.53. The van der Waals surface area contributed by atoms with Crippen LogP contribution < -0.4 is 0 Å². The highest BCUT2D eigenvalue weighted by molar-refractivity contribution is 6.30. The minimum atomic E-state index is -1.26. The number of carbonyl (C=O) groups is 4. The van der Waals surface area contributed by atoms with Crippen LogP contribution in [-0.2, 0) is 9.59 Å². The van der Waals surface area contributed by atoms with Crippen molar-refractivity contribution in [1.82, 2.24) is 10.0 Å². The summed E-state index contributed by atoms with van der Waals surface area (Å²) in [7, 11) is 0. The first-order valence-electron chi connectivity index (χ1n) is 11.6. The van der Waals surface area contributed by atoms with Gasteiger partial charge in [0.05, 0.1) is 16.8 Å². The Hall–Kier alpha value is -3.30. The van der Waals surface area contributed by atoms with Gasteiger partial charge in [-0.1, -0.05) is 24.4 Å². The molecule has 36 heavy (non-hydrogen) atoms. The highest BCUT2D eigenvalue weighted by atomic mass is 35.5. The van der Waals surface area contributed by atoms with Gasteiger partial charge >= 0.3 is 0 Å². The van der Waals surface area contributed by atoms with Crippen LogP contribution in [0.1, 0.15) is 52.8 Å². The quantitative estimate of drug-likeness (QED) is 0.160. The Morgan fingerprint density at radius 3 is 2.00 bits per heavy atom. The van der Waals surface area contributed by atoms with Gasteiger partial charge in [0, 0.05) is 34.2 Å². The van der Waals surface area contributed by atoms with E-state index in [1.807, 2.05) is 0 Å². The van der Waals surface area contributed by atoms with Crippen molar-refractivity contribution in [2.45, 2.75) is 38.1 Å². The second kappa shape index (κ2) is 10.8. The Labute approximate surface area is 217 Å². The third-order valence-electron chi connectivity index (χ3n) is 6.68. The van der Waals surface area contributed by atoms with E-state index >= 15 is 0 Å². The van der Waals surface area contributed by atoms with Gasteiger partial charge in [0.25, 0.3) is 23.4 Å². The van der Waals surface area contributed by atoms with Crippen molar-refractivity contribution in [3.63, 3.8) is 0 Å². The molecule has 0 spiro atoms. The maximum atomic E-state index is 13.8. The Morgan fingerprint density at radius 2 is 1.50 bits per heavy atom. The van der Waals surface area contributed by atoms with E-state index in [1.165, 1.54) is 36.4 Å². The molecular formula is C25H23Cl2N3O6. The first kappa shape index (κ1) is 25.8. The van der Waals surface area contributed by atoms with E-state index < -0.39 is 46.3 Å². The first-order chi connectivity index (χ1) is 17.2. The summed E-state index contributed by atoms with van der Waals surface area (Å²) in [6.45, 7) is 0. The SMILES string of the molecule is O=C(c1ccc(Cl)cc1)[C@@H](CCCl)N(C(=O)c1ccc([N+](=O)[O-])cc1)N1C(=O)[C@H]2CCCC[C@H]2C1=O. The van der Waals surface area contributed by atoms with Gasteiger partial charge in [-0.25, -0.2) is 5.01 Å². The second-order valence-electron chi connectivity index (χ2n) is 8.80. The molecule has 11 heteroatoms. The van der Waals surface area contributed by atoms with Crippen molar-refractivity contribution >= 4 is 52.4 Å². The highest BCUT2D eigenvalue weighted by Crippen LogP contribution is 2.40. The molecule has 1 heterocycles. The fourth-order valence-electron chi connectivity index (χ4n) is 4.86. The number of rotatable bonds is 8. The van der Waals surface area contributed by atoms with Crippen LogP contribution in [0.4, 0.5) is 5.69 Å². The lowest BCUT2D eigenvalue weighted by molar-refractivity contribution is -0.384. The molecule has 188 valence electrons. The number of imide groups is 1. The van der Waals surface area contributed by atoms with Gasteiger partial charge in [0.2, 0.25) is 0 Å². The molecule has 0 bridgehead atoms. The number of non-ortho nitro benzene ring substituents is 1. The lowest BCUT2D eigenvalue weighted by Crippen LogP contribution is -2.57. The topological polar surface area (TPSA) is 118 Å². The molecule has 2 aromatic carbocycles. The highest BCUT2D eigenvalue weighted by Gasteiger charge is 2.53. The predicted octanol–water partition coefficient (Wildman–Crippen LogP) is 4.66. The minimum absolute atomic E-state index is 0.0143. The van der Waals surface area contributed by atoms with Crippen LogP contribution in [0.25, 0.3) is 0 Å². The number of benzene rings is 2. The number of carbonyl (C=O) groups excluding carboxylic acids is 4. The van der Waals surface area contributed by atoms with E-state index in [0.29, 0.717) is 17.9 Å². The predicted molar refractivity (Wildman–Crippen MR) is 131 cm³/mol. The number of hydrogen-bond acceptors (Lipinski definition) is 6. The molecule has 4 rings (SSSR count). The maximum absolute atomic E-state index is 13.8. The Morgan fingerprint density at radius 1 is 0.972 bits per heavy atom. The fourth-order valence-corrected chi connectivity index (χ4v) is 5.19. The van der Waals surface area contributed by atoms with Gasteiger partial charge in [-0.3, -0.25) is 29.3 Å². The van der Waals surface area contributed by atoms with E-state index in [-0.39, 0.29) is 29.1 Å². The molecule has 9 nitrogen and oxygen atoms in total. The molecule has 1 saturated heterocycles. The van der Waals surface area contributed by atoms with Gasteiger partial charge in [-0.05, 0) is 55.7 Å². The standard InChI is InChI=1S/C25H23Cl2N3O6/c26-14-13-21(22(31)15-5-9-17(27)10-6-15)28(23(32)16-7-11-18(12-8-16)30(35)36)29-24(33)19-3-1-2-4-20(19)25(29)34/h5-12,19-21H,1-4,13-14H2/t19-,20+,21-/m1/s1. The molecule has 1 aliphatic carbocycles. The van der Waals surface area contributed by atoms with E-state index in [2.05, 4.69) is 0 Å². The monoisotopic (exact) mass is 531 g/mol. The number of ketones is 1. The number of fused-ring (bicyclic) bond motifs is 1. The van der Waals surface area contributed by atoms with Gasteiger partial charge in [0.15, 0.2) is 5.78 Å². The molecule has 0 radical (unpaired) electrons. The zero-order chi connectivity index (χ0) is 26.0. The maximum Gasteiger partial charge on any atom is 0.273 e. The number of hydrazine groups is 1. The number of nitro groups is 1. The van der Waals surface area contributed by atoms with Crippen molar-refractivity contribution in [2.24, 2.45) is 11.8 Å². The molecule has 2 fully saturated rings. The van der Waals surface area contributed by atoms with Crippen molar-refractivity contribution < 1.29 is 24.1 Å². The summed E-state index contributed by atoms with van der Waals surface area (Å²) < 4.78 is 0. The summed E-state index contributed by atoms with van der Waals surface area (Å²) in [4.78, 5) is 64.8. The van der Waals surface area contributed by atoms with Crippen LogP contribution in [0.15, 0.2) is 48.5 Å². The van der Waals surface area contributed by atoms with Crippen LogP contribution in [-0.4, -0.2) is 50.4 Å². The van der Waals surface area contributed by atoms with E-state index in [9.17, 15) is 29.3 Å². The molecule has 2 aromatic rings. The van der Waals surface area contributed by atoms with Gasteiger partial charge in [0.1, 0.15) is 6.04 Å². The molecular weight excluding hydrogens is 509 g/mol. The molecule has 2 aliphatic rings. The zero-order valence-electron chi connectivity index (χ0n) is 19.1. The fraction of sp³-hybridized carbons (Fsp3) is 0.360. The largest absolute Gasteiger partial charge is 0.292 e. The Kier molecular flexibility index (Phi) is 7.70. The number of halogens is 2. The lowest BCUT2D eigenvalue weighted by atomic mass is 9.81. The van der Waals surface area contributed by atoms with Crippen molar-refractivity contribution in [2.75, 3.05) is 5.88 Å². The molecule has 1 aliphatic heterocycles. The Balaban J connectivity index is 1.79. The van der Waals surface area contributed by atoms with Gasteiger partial charge in [-0.15, -0.1) is 11.6 Å². The van der Waals surface area contributed by atoms with E-state index in [0.717, 1.165) is 35.0 Å². The van der Waals surface area contributed by atoms with Crippen LogP contribution >= 0.6 is 23.2 Å². The second-order valence-corrected chi connectivity index (χ2v) is 9.62. The number of hydrogen-bond donors (Lipinski definition) is 0. The average Bonchev–Trinajstić information content (AvgIpc) is 3.13. The molecule has 0 unspecified atom stereocenters. The number of Topliss-reactive ketones (excluding diaryl/α,β-unsaturated/α-hetero) is 1. The normalized spacial score (nSPS) is 20.1. The molecule has 3 atom stereocenters. The van der Waals surface area contributed by atoms with Gasteiger partial charge < -0.3 is 0 Å². The summed E-state index contributed by atoms with van der Waals surface area (Å²) >= 11 is 12.0. The minimum Gasteiger partial charge on any atom is -0.292 e. The van der Waals surface area contributed by atoms with Gasteiger partial charge in [-0.2, -0.15) is 5.01 Å². The summed E-state index contributed by atoms with van der Waals surface area (Å²) in [5.74, 6) is -3.51. The summed E-state index contributed by atoms with van der Waals surface area (Å²) in [5, 5.41) is 13.2. The Bertz CT molecular complexity index is 1180. The van der Waals surface area contributed by atoms with Crippen LogP contribution in [0.5, 0.6) is 0 Å². The van der Waals surface area contributed by atoms with E-state index in [4.69, 9.17) is 23.2 Å². The molecule has 3 amide bonds. The third-order valence-corrected chi connectivity index (χ3v) is 7.15. The molecule has 0 aromatic heterocycles. The lowest BCUT2D eigenvalue weighted by Gasteiger charge is -2.36. The van der Waals surface area contributed by atoms with E-state index in [1.54, 1.807) is 0 Å². The van der Waals surface area contributed by atoms with Crippen molar-refractivity contribution in [1.29, 1.82) is 0 Å². The summed E-state index contributed by atoms with van der Waals surface area (Å²) in [5.41, 5.74) is -0.0147. The summed E-state index contributed by atoms with van der Waals surface area (Å²) in [6.07, 6.45) is 2.60. The first-order valence-corrected chi connectivity index (χ1v) is 12.5. The average molecular weight is 532 g/mol. The van der Waals surface area contributed by atoms with Crippen LogP contribution in [0.3, 0.4) is 0 Å². The smallest absolute Gasteiger partial charge is 0.273 e. The van der Waals surface area contributed by atoms with Crippen LogP contribution in [0.2, 0.25) is 5.02 Å². The number of nitro benzene ring substituents is 1. The molecule has 0 N–H and O–H groups in total. The number of amides is 3. The number of nitrogens with zero attached hydrogens (tertiary/aromatic N) is 3.